The Hall–Kier alpha value is -0.650. The quantitative estimate of drug-likeness (QED) is 0.368. The Labute approximate surface area is 102 Å². The molecular weight excluding hydrogens is 224 g/mol. The minimum Gasteiger partial charge on any atom is -0.463 e. The first-order valence-corrected chi connectivity index (χ1v) is 6.26. The third-order valence-corrected chi connectivity index (χ3v) is 2.44. The normalized spacial score (nSPS) is 12.4. The van der Waals surface area contributed by atoms with Crippen molar-refractivity contribution in [3.63, 3.8) is 0 Å². The molecule has 3 N–H and O–H groups in total. The molecule has 0 aromatic carbocycles. The molecule has 0 aliphatic carbocycles. The summed E-state index contributed by atoms with van der Waals surface area (Å²) in [7, 11) is 0. The van der Waals surface area contributed by atoms with Gasteiger partial charge >= 0.3 is 5.97 Å². The van der Waals surface area contributed by atoms with Gasteiger partial charge in [-0.1, -0.05) is 25.7 Å². The summed E-state index contributed by atoms with van der Waals surface area (Å²) in [4.78, 5) is 11.2. The SMILES string of the molecule is O=C(CCCCCCCCO)OC[C@@H](O)CO. The maximum atomic E-state index is 11.2. The van der Waals surface area contributed by atoms with E-state index in [0.29, 0.717) is 6.42 Å². The topological polar surface area (TPSA) is 87.0 Å². The number of esters is 1. The zero-order chi connectivity index (χ0) is 12.9. The first kappa shape index (κ1) is 16.4. The summed E-state index contributed by atoms with van der Waals surface area (Å²) in [5, 5.41) is 26.0. The summed E-state index contributed by atoms with van der Waals surface area (Å²) < 4.78 is 4.76. The van der Waals surface area contributed by atoms with Crippen molar-refractivity contribution < 1.29 is 24.9 Å². The van der Waals surface area contributed by atoms with Crippen LogP contribution in [0.25, 0.3) is 0 Å². The van der Waals surface area contributed by atoms with E-state index in [9.17, 15) is 4.79 Å². The molecule has 0 spiro atoms. The van der Waals surface area contributed by atoms with Gasteiger partial charge in [0.2, 0.25) is 0 Å². The van der Waals surface area contributed by atoms with E-state index < -0.39 is 12.7 Å². The van der Waals surface area contributed by atoms with Gasteiger partial charge in [-0.05, 0) is 12.8 Å². The zero-order valence-electron chi connectivity index (χ0n) is 10.3. The molecule has 102 valence electrons. The molecule has 5 nitrogen and oxygen atoms in total. The van der Waals surface area contributed by atoms with Crippen LogP contribution in [-0.2, 0) is 9.53 Å². The van der Waals surface area contributed by atoms with Crippen molar-refractivity contribution in [1.82, 2.24) is 0 Å². The van der Waals surface area contributed by atoms with E-state index in [0.717, 1.165) is 38.5 Å². The highest BCUT2D eigenvalue weighted by molar-refractivity contribution is 5.69. The number of rotatable bonds is 11. The molecule has 0 aromatic heterocycles. The lowest BCUT2D eigenvalue weighted by Gasteiger charge is -2.08. The number of carbonyl (C=O) groups is 1. The standard InChI is InChI=1S/C12H24O5/c13-8-6-4-2-1-3-5-7-12(16)17-10-11(15)9-14/h11,13-15H,1-10H2/t11-/m0/s1. The number of hydrogen-bond donors (Lipinski definition) is 3. The Morgan fingerprint density at radius 3 is 2.18 bits per heavy atom. The molecule has 5 heteroatoms. The lowest BCUT2D eigenvalue weighted by molar-refractivity contribution is -0.147. The fraction of sp³-hybridized carbons (Fsp3) is 0.917. The van der Waals surface area contributed by atoms with Crippen molar-refractivity contribution in [2.45, 2.75) is 51.0 Å². The first-order valence-electron chi connectivity index (χ1n) is 6.26. The molecule has 1 atom stereocenters. The van der Waals surface area contributed by atoms with Crippen LogP contribution in [0.4, 0.5) is 0 Å². The van der Waals surface area contributed by atoms with Crippen LogP contribution in [-0.4, -0.2) is 47.2 Å². The van der Waals surface area contributed by atoms with E-state index in [2.05, 4.69) is 0 Å². The highest BCUT2D eigenvalue weighted by Crippen LogP contribution is 2.07. The van der Waals surface area contributed by atoms with Crippen LogP contribution in [0.2, 0.25) is 0 Å². The smallest absolute Gasteiger partial charge is 0.305 e. The lowest BCUT2D eigenvalue weighted by Crippen LogP contribution is -2.21. The Balaban J connectivity index is 3.22. The average molecular weight is 248 g/mol. The van der Waals surface area contributed by atoms with Gasteiger partial charge < -0.3 is 20.1 Å². The van der Waals surface area contributed by atoms with Crippen LogP contribution >= 0.6 is 0 Å². The van der Waals surface area contributed by atoms with Gasteiger partial charge in [0.15, 0.2) is 0 Å². The molecule has 0 heterocycles. The van der Waals surface area contributed by atoms with Gasteiger partial charge in [-0.25, -0.2) is 0 Å². The largest absolute Gasteiger partial charge is 0.463 e. The Bertz CT molecular complexity index is 184. The third-order valence-electron chi connectivity index (χ3n) is 2.44. The number of carbonyl (C=O) groups excluding carboxylic acids is 1. The Morgan fingerprint density at radius 1 is 1.00 bits per heavy atom. The Morgan fingerprint density at radius 2 is 1.59 bits per heavy atom. The molecule has 0 fully saturated rings. The predicted octanol–water partition coefficient (Wildman–Crippen LogP) is 0.606. The van der Waals surface area contributed by atoms with Crippen molar-refractivity contribution in [2.75, 3.05) is 19.8 Å². The molecule has 0 aliphatic rings. The highest BCUT2D eigenvalue weighted by Gasteiger charge is 2.07. The van der Waals surface area contributed by atoms with Crippen LogP contribution in [0.3, 0.4) is 0 Å². The van der Waals surface area contributed by atoms with Crippen molar-refractivity contribution >= 4 is 5.97 Å². The van der Waals surface area contributed by atoms with Crippen LogP contribution in [0.1, 0.15) is 44.9 Å². The fourth-order valence-corrected chi connectivity index (χ4v) is 1.40. The van der Waals surface area contributed by atoms with E-state index in [1.807, 2.05) is 0 Å². The van der Waals surface area contributed by atoms with E-state index in [1.165, 1.54) is 0 Å². The minimum absolute atomic E-state index is 0.133. The number of hydrogen-bond acceptors (Lipinski definition) is 5. The van der Waals surface area contributed by atoms with E-state index >= 15 is 0 Å². The molecule has 0 saturated carbocycles. The molecule has 0 saturated heterocycles. The van der Waals surface area contributed by atoms with Crippen LogP contribution < -0.4 is 0 Å². The predicted molar refractivity (Wildman–Crippen MR) is 63.5 cm³/mol. The van der Waals surface area contributed by atoms with Gasteiger partial charge in [-0.15, -0.1) is 0 Å². The molecule has 0 radical (unpaired) electrons. The molecule has 0 unspecified atom stereocenters. The maximum Gasteiger partial charge on any atom is 0.305 e. The van der Waals surface area contributed by atoms with Gasteiger partial charge in [0, 0.05) is 13.0 Å². The van der Waals surface area contributed by atoms with E-state index in [4.69, 9.17) is 20.1 Å². The zero-order valence-corrected chi connectivity index (χ0v) is 10.3. The summed E-state index contributed by atoms with van der Waals surface area (Å²) in [6, 6.07) is 0. The van der Waals surface area contributed by atoms with Gasteiger partial charge in [-0.3, -0.25) is 4.79 Å². The fourth-order valence-electron chi connectivity index (χ4n) is 1.40. The van der Waals surface area contributed by atoms with E-state index in [1.54, 1.807) is 0 Å². The van der Waals surface area contributed by atoms with Crippen LogP contribution in [0, 0.1) is 0 Å². The molecular formula is C12H24O5. The molecule has 17 heavy (non-hydrogen) atoms. The molecule has 0 aromatic rings. The summed E-state index contributed by atoms with van der Waals surface area (Å²) in [6.07, 6.45) is 5.17. The second-order valence-corrected chi connectivity index (χ2v) is 4.11. The second kappa shape index (κ2) is 11.8. The maximum absolute atomic E-state index is 11.2. The van der Waals surface area contributed by atoms with E-state index in [-0.39, 0.29) is 19.2 Å². The summed E-state index contributed by atoms with van der Waals surface area (Å²) in [6.45, 7) is -0.274. The minimum atomic E-state index is -0.975. The highest BCUT2D eigenvalue weighted by atomic mass is 16.5. The number of ether oxygens (including phenoxy) is 1. The van der Waals surface area contributed by atoms with Gasteiger partial charge in [0.25, 0.3) is 0 Å². The second-order valence-electron chi connectivity index (χ2n) is 4.11. The molecule has 0 bridgehead atoms. The number of aliphatic hydroxyl groups excluding tert-OH is 3. The van der Waals surface area contributed by atoms with Crippen molar-refractivity contribution in [1.29, 1.82) is 0 Å². The van der Waals surface area contributed by atoms with Crippen molar-refractivity contribution in [2.24, 2.45) is 0 Å². The molecule has 0 amide bonds. The number of unbranched alkanes of at least 4 members (excludes halogenated alkanes) is 5. The number of aliphatic hydroxyl groups is 3. The molecule has 0 rings (SSSR count). The summed E-state index contributed by atoms with van der Waals surface area (Å²) in [5.41, 5.74) is 0. The third kappa shape index (κ3) is 11.6. The van der Waals surface area contributed by atoms with Gasteiger partial charge in [-0.2, -0.15) is 0 Å². The Kier molecular flexibility index (Phi) is 11.4. The van der Waals surface area contributed by atoms with Gasteiger partial charge in [0.1, 0.15) is 12.7 Å². The lowest BCUT2D eigenvalue weighted by atomic mass is 10.1. The van der Waals surface area contributed by atoms with Crippen molar-refractivity contribution in [3.8, 4) is 0 Å². The monoisotopic (exact) mass is 248 g/mol. The first-order chi connectivity index (χ1) is 8.20. The van der Waals surface area contributed by atoms with Gasteiger partial charge in [0.05, 0.1) is 6.61 Å². The summed E-state index contributed by atoms with van der Waals surface area (Å²) in [5.74, 6) is -0.326. The van der Waals surface area contributed by atoms with Crippen LogP contribution in [0.5, 0.6) is 0 Å². The summed E-state index contributed by atoms with van der Waals surface area (Å²) >= 11 is 0. The van der Waals surface area contributed by atoms with Crippen molar-refractivity contribution in [3.05, 3.63) is 0 Å². The molecule has 0 aliphatic heterocycles. The van der Waals surface area contributed by atoms with Crippen LogP contribution in [0.15, 0.2) is 0 Å². The average Bonchev–Trinajstić information content (AvgIpc) is 2.34.